The van der Waals surface area contributed by atoms with Crippen molar-refractivity contribution in [1.29, 1.82) is 0 Å². The molecule has 1 N–H and O–H groups in total. The van der Waals surface area contributed by atoms with Crippen molar-refractivity contribution in [3.63, 3.8) is 0 Å². The Morgan fingerprint density at radius 2 is 1.78 bits per heavy atom. The normalized spacial score (nSPS) is 14.0. The van der Waals surface area contributed by atoms with Crippen LogP contribution in [0.25, 0.3) is 22.4 Å². The molecule has 0 radical (unpaired) electrons. The van der Waals surface area contributed by atoms with Crippen LogP contribution in [0.4, 0.5) is 10.5 Å². The Bertz CT molecular complexity index is 1290. The predicted octanol–water partition coefficient (Wildman–Crippen LogP) is 6.66. The largest absolute Gasteiger partial charge is 0.487 e. The minimum absolute atomic E-state index is 0.231. The Hall–Kier alpha value is -3.57. The summed E-state index contributed by atoms with van der Waals surface area (Å²) in [4.78, 5) is 13.1. The van der Waals surface area contributed by atoms with Gasteiger partial charge in [-0.05, 0) is 49.7 Å². The molecule has 3 aromatic carbocycles. The summed E-state index contributed by atoms with van der Waals surface area (Å²) in [6, 6.07) is 22.7. The van der Waals surface area contributed by atoms with Gasteiger partial charge in [-0.2, -0.15) is 9.78 Å². The van der Waals surface area contributed by atoms with Gasteiger partial charge in [0.25, 0.3) is 0 Å². The molecule has 1 amide bonds. The molecule has 0 saturated carbocycles. The van der Waals surface area contributed by atoms with Crippen molar-refractivity contribution < 1.29 is 9.53 Å². The molecular weight excluding hydrogens is 422 g/mol. The zero-order valence-corrected chi connectivity index (χ0v) is 18.6. The molecule has 0 unspecified atom stereocenters. The van der Waals surface area contributed by atoms with Crippen LogP contribution in [-0.2, 0) is 6.42 Å². The lowest BCUT2D eigenvalue weighted by molar-refractivity contribution is 0.138. The molecule has 1 aliphatic rings. The van der Waals surface area contributed by atoms with E-state index in [1.807, 2.05) is 72.8 Å². The number of carbonyl (C=O) groups excluding carboxylic acids is 1. The van der Waals surface area contributed by atoms with Crippen molar-refractivity contribution in [3.05, 3.63) is 89.6 Å². The van der Waals surface area contributed by atoms with Crippen LogP contribution in [0.5, 0.6) is 5.75 Å². The summed E-state index contributed by atoms with van der Waals surface area (Å²) in [5.74, 6) is 0.864. The van der Waals surface area contributed by atoms with Crippen molar-refractivity contribution in [2.45, 2.75) is 25.9 Å². The maximum absolute atomic E-state index is 13.1. The number of amides is 1. The van der Waals surface area contributed by atoms with Gasteiger partial charge < -0.3 is 10.1 Å². The standard InChI is InChI=1S/C26H22ClN3O2/c1-26(2)15-19-14-21(12-13-23(19)32-26)28-25(31)30-16-22(17-8-10-20(27)11-9-17)24(29-30)18-6-4-3-5-7-18/h3-14,16H,15H2,1-2H3,(H,28,31). The van der Waals surface area contributed by atoms with E-state index in [1.54, 1.807) is 6.20 Å². The van der Waals surface area contributed by atoms with Crippen molar-refractivity contribution >= 4 is 23.3 Å². The Labute approximate surface area is 191 Å². The first-order valence-electron chi connectivity index (χ1n) is 10.4. The molecule has 160 valence electrons. The molecule has 1 aliphatic heterocycles. The average Bonchev–Trinajstić information content (AvgIpc) is 3.35. The fourth-order valence-electron chi connectivity index (χ4n) is 4.00. The van der Waals surface area contributed by atoms with Gasteiger partial charge in [0.05, 0.1) is 0 Å². The number of fused-ring (bicyclic) bond motifs is 1. The second-order valence-corrected chi connectivity index (χ2v) is 8.94. The zero-order chi connectivity index (χ0) is 22.3. The van der Waals surface area contributed by atoms with E-state index in [4.69, 9.17) is 16.3 Å². The molecule has 2 heterocycles. The van der Waals surface area contributed by atoms with Crippen LogP contribution in [0.2, 0.25) is 5.02 Å². The molecule has 0 fully saturated rings. The number of benzene rings is 3. The molecule has 5 rings (SSSR count). The van der Waals surface area contributed by atoms with Crippen LogP contribution in [0, 0.1) is 0 Å². The quantitative estimate of drug-likeness (QED) is 0.385. The molecule has 0 bridgehead atoms. The highest BCUT2D eigenvalue weighted by Gasteiger charge is 2.30. The Balaban J connectivity index is 1.47. The van der Waals surface area contributed by atoms with E-state index in [-0.39, 0.29) is 11.6 Å². The summed E-state index contributed by atoms with van der Waals surface area (Å²) < 4.78 is 7.27. The number of anilines is 1. The number of aromatic nitrogens is 2. The fourth-order valence-corrected chi connectivity index (χ4v) is 4.12. The van der Waals surface area contributed by atoms with Crippen LogP contribution >= 0.6 is 11.6 Å². The molecule has 4 aromatic rings. The number of ether oxygens (including phenoxy) is 1. The fraction of sp³-hybridized carbons (Fsp3) is 0.154. The third kappa shape index (κ3) is 3.99. The first-order chi connectivity index (χ1) is 15.4. The smallest absolute Gasteiger partial charge is 0.346 e. The van der Waals surface area contributed by atoms with Gasteiger partial charge in [-0.15, -0.1) is 0 Å². The van der Waals surface area contributed by atoms with E-state index < -0.39 is 0 Å². The summed E-state index contributed by atoms with van der Waals surface area (Å²) in [5, 5.41) is 8.23. The summed E-state index contributed by atoms with van der Waals surface area (Å²) in [6.07, 6.45) is 2.55. The van der Waals surface area contributed by atoms with Crippen LogP contribution in [-0.4, -0.2) is 21.4 Å². The SMILES string of the molecule is CC1(C)Cc2cc(NC(=O)n3cc(-c4ccc(Cl)cc4)c(-c4ccccc4)n3)ccc2O1. The number of nitrogens with one attached hydrogen (secondary N) is 1. The molecule has 6 heteroatoms. The highest BCUT2D eigenvalue weighted by molar-refractivity contribution is 6.30. The van der Waals surface area contributed by atoms with Gasteiger partial charge in [-0.25, -0.2) is 4.79 Å². The Morgan fingerprint density at radius 1 is 1.03 bits per heavy atom. The van der Waals surface area contributed by atoms with Crippen molar-refractivity contribution in [3.8, 4) is 28.1 Å². The van der Waals surface area contributed by atoms with Gasteiger partial charge in [0.2, 0.25) is 0 Å². The summed E-state index contributed by atoms with van der Waals surface area (Å²) >= 11 is 6.07. The predicted molar refractivity (Wildman–Crippen MR) is 127 cm³/mol. The lowest BCUT2D eigenvalue weighted by Crippen LogP contribution is -2.24. The first kappa shape index (κ1) is 20.3. The number of nitrogens with zero attached hydrogens (tertiary/aromatic N) is 2. The molecule has 32 heavy (non-hydrogen) atoms. The van der Waals surface area contributed by atoms with E-state index in [9.17, 15) is 4.79 Å². The molecule has 5 nitrogen and oxygen atoms in total. The van der Waals surface area contributed by atoms with Gasteiger partial charge in [-0.1, -0.05) is 54.1 Å². The lowest BCUT2D eigenvalue weighted by Gasteiger charge is -2.16. The second kappa shape index (κ2) is 7.84. The topological polar surface area (TPSA) is 56.2 Å². The maximum atomic E-state index is 13.1. The van der Waals surface area contributed by atoms with E-state index in [2.05, 4.69) is 24.3 Å². The van der Waals surface area contributed by atoms with Crippen LogP contribution in [0.1, 0.15) is 19.4 Å². The number of halogens is 1. The summed E-state index contributed by atoms with van der Waals surface area (Å²) in [5.41, 5.74) is 5.01. The highest BCUT2D eigenvalue weighted by Crippen LogP contribution is 2.36. The molecule has 0 aliphatic carbocycles. The van der Waals surface area contributed by atoms with Gasteiger partial charge in [-0.3, -0.25) is 0 Å². The Morgan fingerprint density at radius 3 is 2.53 bits per heavy atom. The van der Waals surface area contributed by atoms with Crippen LogP contribution in [0.3, 0.4) is 0 Å². The number of hydrogen-bond acceptors (Lipinski definition) is 3. The van der Waals surface area contributed by atoms with Gasteiger partial charge >= 0.3 is 6.03 Å². The van der Waals surface area contributed by atoms with Crippen molar-refractivity contribution in [1.82, 2.24) is 9.78 Å². The van der Waals surface area contributed by atoms with E-state index in [0.29, 0.717) is 10.7 Å². The van der Waals surface area contributed by atoms with Crippen LogP contribution in [0.15, 0.2) is 79.0 Å². The molecule has 0 atom stereocenters. The van der Waals surface area contributed by atoms with Gasteiger partial charge in [0.15, 0.2) is 0 Å². The average molecular weight is 444 g/mol. The summed E-state index contributed by atoms with van der Waals surface area (Å²) in [7, 11) is 0. The third-order valence-electron chi connectivity index (χ3n) is 5.44. The van der Waals surface area contributed by atoms with E-state index in [1.165, 1.54) is 4.68 Å². The molecule has 0 saturated heterocycles. The highest BCUT2D eigenvalue weighted by atomic mass is 35.5. The van der Waals surface area contributed by atoms with Gasteiger partial charge in [0.1, 0.15) is 17.0 Å². The van der Waals surface area contributed by atoms with E-state index in [0.717, 1.165) is 40.1 Å². The molecule has 1 aromatic heterocycles. The van der Waals surface area contributed by atoms with Crippen molar-refractivity contribution in [2.75, 3.05) is 5.32 Å². The third-order valence-corrected chi connectivity index (χ3v) is 5.69. The molecular formula is C26H22ClN3O2. The zero-order valence-electron chi connectivity index (χ0n) is 17.8. The maximum Gasteiger partial charge on any atom is 0.346 e. The second-order valence-electron chi connectivity index (χ2n) is 8.50. The minimum Gasteiger partial charge on any atom is -0.487 e. The molecule has 0 spiro atoms. The van der Waals surface area contributed by atoms with Gasteiger partial charge in [0, 0.05) is 40.0 Å². The minimum atomic E-state index is -0.333. The lowest BCUT2D eigenvalue weighted by atomic mass is 10.0. The summed E-state index contributed by atoms with van der Waals surface area (Å²) in [6.45, 7) is 4.11. The van der Waals surface area contributed by atoms with E-state index >= 15 is 0 Å². The monoisotopic (exact) mass is 443 g/mol. The Kier molecular flexibility index (Phi) is 4.98. The van der Waals surface area contributed by atoms with Crippen molar-refractivity contribution in [2.24, 2.45) is 0 Å². The first-order valence-corrected chi connectivity index (χ1v) is 10.8. The number of hydrogen-bond donors (Lipinski definition) is 1. The number of rotatable bonds is 3. The van der Waals surface area contributed by atoms with Crippen LogP contribution < -0.4 is 10.1 Å². The number of carbonyl (C=O) groups is 1.